The molecule has 0 aliphatic carbocycles. The number of nitrogens with one attached hydrogen (secondary N) is 1. The molecule has 14 heavy (non-hydrogen) atoms. The first-order chi connectivity index (χ1) is 6.34. The van der Waals surface area contributed by atoms with Gasteiger partial charge < -0.3 is 15.3 Å². The number of aliphatic hydroxyl groups is 3. The quantitative estimate of drug-likeness (QED) is 0.465. The van der Waals surface area contributed by atoms with Crippen LogP contribution in [0.25, 0.3) is 0 Å². The fourth-order valence-corrected chi connectivity index (χ4v) is 1.75. The Kier molecular flexibility index (Phi) is 5.59. The molecule has 4 heteroatoms. The highest BCUT2D eigenvalue weighted by atomic mass is 16.5. The number of rotatable bonds is 6. The predicted octanol–water partition coefficient (Wildman–Crippen LogP) is 0.135. The zero-order valence-electron chi connectivity index (χ0n) is 9.49. The Morgan fingerprint density at radius 3 is 2.00 bits per heavy atom. The standard InChI is InChI=1S/C10H23NO3/c1-7(2)9(6-12)8(3)5-10(13,14)11-4/h7-9,11-14H,5-6H2,1-4H3/t8-,9-/m0/s1. The second-order valence-corrected chi connectivity index (χ2v) is 4.34. The zero-order valence-corrected chi connectivity index (χ0v) is 9.49. The molecule has 0 unspecified atom stereocenters. The topological polar surface area (TPSA) is 72.7 Å². The highest BCUT2D eigenvalue weighted by Crippen LogP contribution is 2.25. The third-order valence-corrected chi connectivity index (χ3v) is 2.81. The van der Waals surface area contributed by atoms with E-state index in [1.54, 1.807) is 0 Å². The second-order valence-electron chi connectivity index (χ2n) is 4.34. The molecule has 2 atom stereocenters. The normalized spacial score (nSPS) is 17.1. The summed E-state index contributed by atoms with van der Waals surface area (Å²) >= 11 is 0. The number of hydrogen-bond acceptors (Lipinski definition) is 4. The summed E-state index contributed by atoms with van der Waals surface area (Å²) in [6, 6.07) is 0. The molecule has 0 bridgehead atoms. The Balaban J connectivity index is 4.23. The Morgan fingerprint density at radius 1 is 1.21 bits per heavy atom. The summed E-state index contributed by atoms with van der Waals surface area (Å²) in [5.41, 5.74) is 0. The first-order valence-corrected chi connectivity index (χ1v) is 5.08. The van der Waals surface area contributed by atoms with E-state index in [9.17, 15) is 10.2 Å². The van der Waals surface area contributed by atoms with E-state index in [1.807, 2.05) is 20.8 Å². The molecular formula is C10H23NO3. The molecule has 0 rings (SSSR count). The summed E-state index contributed by atoms with van der Waals surface area (Å²) in [4.78, 5) is 0. The molecule has 0 saturated heterocycles. The summed E-state index contributed by atoms with van der Waals surface area (Å²) in [6.07, 6.45) is 0.215. The third-order valence-electron chi connectivity index (χ3n) is 2.81. The fraction of sp³-hybridized carbons (Fsp3) is 1.00. The van der Waals surface area contributed by atoms with Crippen molar-refractivity contribution in [3.8, 4) is 0 Å². The van der Waals surface area contributed by atoms with Crippen LogP contribution < -0.4 is 5.32 Å². The Labute approximate surface area is 86.0 Å². The maximum absolute atomic E-state index is 9.38. The Bertz CT molecular complexity index is 159. The minimum Gasteiger partial charge on any atom is -0.396 e. The zero-order chi connectivity index (χ0) is 11.4. The van der Waals surface area contributed by atoms with E-state index in [0.717, 1.165) is 0 Å². The molecule has 86 valence electrons. The van der Waals surface area contributed by atoms with E-state index in [1.165, 1.54) is 7.05 Å². The SMILES string of the molecule is CNC(O)(O)C[C@H](C)[C@@H](CO)C(C)C. The van der Waals surface area contributed by atoms with Gasteiger partial charge in [0.2, 0.25) is 5.91 Å². The molecule has 0 aromatic rings. The molecule has 0 saturated carbocycles. The Hall–Kier alpha value is -0.160. The summed E-state index contributed by atoms with van der Waals surface area (Å²) in [5, 5.41) is 30.3. The fourth-order valence-electron chi connectivity index (χ4n) is 1.75. The molecule has 0 radical (unpaired) electrons. The van der Waals surface area contributed by atoms with E-state index in [4.69, 9.17) is 5.11 Å². The summed E-state index contributed by atoms with van der Waals surface area (Å²) in [5.74, 6) is -1.34. The van der Waals surface area contributed by atoms with Crippen LogP contribution in [0.15, 0.2) is 0 Å². The van der Waals surface area contributed by atoms with E-state index in [0.29, 0.717) is 5.92 Å². The summed E-state index contributed by atoms with van der Waals surface area (Å²) < 4.78 is 0. The predicted molar refractivity (Wildman–Crippen MR) is 55.4 cm³/mol. The van der Waals surface area contributed by atoms with Crippen LogP contribution in [0.4, 0.5) is 0 Å². The van der Waals surface area contributed by atoms with E-state index >= 15 is 0 Å². The first-order valence-electron chi connectivity index (χ1n) is 5.08. The first kappa shape index (κ1) is 13.8. The van der Waals surface area contributed by atoms with Crippen molar-refractivity contribution in [3.05, 3.63) is 0 Å². The van der Waals surface area contributed by atoms with Gasteiger partial charge in [-0.1, -0.05) is 20.8 Å². The van der Waals surface area contributed by atoms with Gasteiger partial charge in [-0.05, 0) is 24.8 Å². The maximum Gasteiger partial charge on any atom is 0.222 e. The molecular weight excluding hydrogens is 182 g/mol. The van der Waals surface area contributed by atoms with Crippen LogP contribution in [-0.4, -0.2) is 34.9 Å². The molecule has 0 aromatic carbocycles. The van der Waals surface area contributed by atoms with Crippen molar-refractivity contribution < 1.29 is 15.3 Å². The van der Waals surface area contributed by atoms with Crippen molar-refractivity contribution in [3.63, 3.8) is 0 Å². The van der Waals surface area contributed by atoms with Gasteiger partial charge in [-0.15, -0.1) is 0 Å². The van der Waals surface area contributed by atoms with Crippen molar-refractivity contribution in [1.82, 2.24) is 5.32 Å². The molecule has 4 nitrogen and oxygen atoms in total. The van der Waals surface area contributed by atoms with Gasteiger partial charge in [0.25, 0.3) is 0 Å². The van der Waals surface area contributed by atoms with Gasteiger partial charge in [0.1, 0.15) is 0 Å². The van der Waals surface area contributed by atoms with Crippen LogP contribution in [0.1, 0.15) is 27.2 Å². The number of aliphatic hydroxyl groups excluding tert-OH is 1. The van der Waals surface area contributed by atoms with Crippen LogP contribution >= 0.6 is 0 Å². The maximum atomic E-state index is 9.38. The van der Waals surface area contributed by atoms with Crippen LogP contribution in [0, 0.1) is 17.8 Å². The summed E-state index contributed by atoms with van der Waals surface area (Å²) in [6.45, 7) is 6.04. The van der Waals surface area contributed by atoms with Gasteiger partial charge >= 0.3 is 0 Å². The molecule has 0 heterocycles. The molecule has 4 N–H and O–H groups in total. The molecule has 0 fully saturated rings. The largest absolute Gasteiger partial charge is 0.396 e. The van der Waals surface area contributed by atoms with Gasteiger partial charge in [0.15, 0.2) is 0 Å². The lowest BCUT2D eigenvalue weighted by molar-refractivity contribution is -0.196. The minimum atomic E-state index is -1.83. The van der Waals surface area contributed by atoms with Gasteiger partial charge in [-0.3, -0.25) is 5.32 Å². The molecule has 0 aliphatic rings. The smallest absolute Gasteiger partial charge is 0.222 e. The van der Waals surface area contributed by atoms with Crippen LogP contribution in [0.2, 0.25) is 0 Å². The second kappa shape index (κ2) is 5.66. The molecule has 0 aliphatic heterocycles. The van der Waals surface area contributed by atoms with Crippen molar-refractivity contribution in [2.45, 2.75) is 33.1 Å². The van der Waals surface area contributed by atoms with Crippen molar-refractivity contribution in [1.29, 1.82) is 0 Å². The highest BCUT2D eigenvalue weighted by molar-refractivity contribution is 4.73. The molecule has 0 aromatic heterocycles. The van der Waals surface area contributed by atoms with E-state index in [2.05, 4.69) is 5.32 Å². The van der Waals surface area contributed by atoms with Crippen LogP contribution in [0.5, 0.6) is 0 Å². The van der Waals surface area contributed by atoms with Crippen molar-refractivity contribution in [2.24, 2.45) is 17.8 Å². The van der Waals surface area contributed by atoms with Crippen LogP contribution in [0.3, 0.4) is 0 Å². The third kappa shape index (κ3) is 4.37. The van der Waals surface area contributed by atoms with Gasteiger partial charge in [0.05, 0.1) is 0 Å². The van der Waals surface area contributed by atoms with E-state index in [-0.39, 0.29) is 24.9 Å². The average molecular weight is 205 g/mol. The van der Waals surface area contributed by atoms with E-state index < -0.39 is 5.91 Å². The monoisotopic (exact) mass is 205 g/mol. The van der Waals surface area contributed by atoms with Crippen LogP contribution in [-0.2, 0) is 0 Å². The van der Waals surface area contributed by atoms with Gasteiger partial charge in [0, 0.05) is 13.0 Å². The molecule has 0 spiro atoms. The molecule has 0 amide bonds. The average Bonchev–Trinajstić information content (AvgIpc) is 2.03. The van der Waals surface area contributed by atoms with Gasteiger partial charge in [-0.25, -0.2) is 0 Å². The summed E-state index contributed by atoms with van der Waals surface area (Å²) in [7, 11) is 1.50. The number of hydrogen-bond donors (Lipinski definition) is 4. The van der Waals surface area contributed by atoms with Crippen molar-refractivity contribution in [2.75, 3.05) is 13.7 Å². The van der Waals surface area contributed by atoms with Gasteiger partial charge in [-0.2, -0.15) is 0 Å². The minimum absolute atomic E-state index is 0.0578. The highest BCUT2D eigenvalue weighted by Gasteiger charge is 2.29. The Morgan fingerprint density at radius 2 is 1.71 bits per heavy atom. The van der Waals surface area contributed by atoms with Crippen molar-refractivity contribution >= 4 is 0 Å². The lowest BCUT2D eigenvalue weighted by atomic mass is 9.82. The lowest BCUT2D eigenvalue weighted by Crippen LogP contribution is -2.45. The lowest BCUT2D eigenvalue weighted by Gasteiger charge is -2.30.